The van der Waals surface area contributed by atoms with E-state index in [0.29, 0.717) is 24.5 Å². The van der Waals surface area contributed by atoms with E-state index in [1.54, 1.807) is 6.07 Å². The summed E-state index contributed by atoms with van der Waals surface area (Å²) in [4.78, 5) is 11.4. The van der Waals surface area contributed by atoms with E-state index in [1.165, 1.54) is 6.07 Å². The molecular formula is C16H23ClFNO3Si. The van der Waals surface area contributed by atoms with Gasteiger partial charge < -0.3 is 14.8 Å². The minimum Gasteiger partial charge on any atom is -0.467 e. The molecule has 2 rings (SSSR count). The zero-order valence-corrected chi connectivity index (χ0v) is 15.5. The summed E-state index contributed by atoms with van der Waals surface area (Å²) in [6, 6.07) is 4.13. The van der Waals surface area contributed by atoms with Gasteiger partial charge >= 0.3 is 0 Å². The maximum Gasteiger partial charge on any atom is 0.220 e. The van der Waals surface area contributed by atoms with Crippen molar-refractivity contribution >= 4 is 25.6 Å². The summed E-state index contributed by atoms with van der Waals surface area (Å²) < 4.78 is 25.5. The first-order valence-corrected chi connectivity index (χ1v) is 11.8. The molecule has 4 nitrogen and oxygen atoms in total. The summed E-state index contributed by atoms with van der Waals surface area (Å²) in [6.45, 7) is 7.90. The topological polar surface area (TPSA) is 47.6 Å². The van der Waals surface area contributed by atoms with E-state index in [9.17, 15) is 9.18 Å². The molecule has 23 heavy (non-hydrogen) atoms. The van der Waals surface area contributed by atoms with Gasteiger partial charge in [-0.3, -0.25) is 4.79 Å². The van der Waals surface area contributed by atoms with Crippen molar-refractivity contribution < 1.29 is 18.7 Å². The van der Waals surface area contributed by atoms with Gasteiger partial charge in [0.1, 0.15) is 11.6 Å². The van der Waals surface area contributed by atoms with E-state index < -0.39 is 13.9 Å². The molecule has 1 aromatic carbocycles. The van der Waals surface area contributed by atoms with Gasteiger partial charge in [0.05, 0.1) is 5.02 Å². The molecule has 1 heterocycles. The Labute approximate surface area is 142 Å². The summed E-state index contributed by atoms with van der Waals surface area (Å²) in [7, 11) is -1.15. The van der Waals surface area contributed by atoms with Crippen molar-refractivity contribution in [3.63, 3.8) is 0 Å². The predicted octanol–water partition coefficient (Wildman–Crippen LogP) is 3.77. The quantitative estimate of drug-likeness (QED) is 0.458. The first-order chi connectivity index (χ1) is 10.8. The summed E-state index contributed by atoms with van der Waals surface area (Å²) in [5.41, 5.74) is 0.352. The molecule has 1 aromatic rings. The second-order valence-corrected chi connectivity index (χ2v) is 13.0. The summed E-state index contributed by atoms with van der Waals surface area (Å²) >= 11 is 5.87. The minimum atomic E-state index is -1.15. The maximum atomic E-state index is 14.4. The van der Waals surface area contributed by atoms with Gasteiger partial charge in [0, 0.05) is 39.1 Å². The van der Waals surface area contributed by atoms with Crippen LogP contribution in [0.25, 0.3) is 0 Å². The molecule has 0 bridgehead atoms. The maximum absolute atomic E-state index is 14.4. The van der Waals surface area contributed by atoms with Gasteiger partial charge in [0.25, 0.3) is 0 Å². The van der Waals surface area contributed by atoms with Crippen LogP contribution in [0.2, 0.25) is 30.7 Å². The van der Waals surface area contributed by atoms with Crippen LogP contribution in [0.1, 0.15) is 17.9 Å². The van der Waals surface area contributed by atoms with Crippen LogP contribution in [-0.2, 0) is 9.53 Å². The molecule has 0 radical (unpaired) electrons. The molecule has 1 amide bonds. The third-order valence-electron chi connectivity index (χ3n) is 3.77. The molecule has 1 aliphatic heterocycles. The van der Waals surface area contributed by atoms with Crippen LogP contribution in [0, 0.1) is 5.82 Å². The zero-order chi connectivity index (χ0) is 17.0. The predicted molar refractivity (Wildman–Crippen MR) is 91.4 cm³/mol. The molecule has 1 aliphatic rings. The lowest BCUT2D eigenvalue weighted by Gasteiger charge is -2.18. The Kier molecular flexibility index (Phi) is 6.05. The second kappa shape index (κ2) is 7.64. The van der Waals surface area contributed by atoms with Crippen LogP contribution in [0.15, 0.2) is 12.1 Å². The fourth-order valence-electron chi connectivity index (χ4n) is 2.41. The van der Waals surface area contributed by atoms with E-state index in [1.807, 2.05) is 0 Å². The second-order valence-electron chi connectivity index (χ2n) is 6.96. The number of benzene rings is 1. The normalized spacial score (nSPS) is 18.1. The van der Waals surface area contributed by atoms with Crippen molar-refractivity contribution in [1.82, 2.24) is 5.32 Å². The van der Waals surface area contributed by atoms with Crippen molar-refractivity contribution in [3.8, 4) is 5.75 Å². The van der Waals surface area contributed by atoms with Gasteiger partial charge in [-0.15, -0.1) is 0 Å². The Hall–Kier alpha value is -1.11. The number of rotatable bonds is 7. The van der Waals surface area contributed by atoms with Gasteiger partial charge in [-0.05, 0) is 18.2 Å². The standard InChI is InChI=1S/C16H23ClFNO3Si/c1-23(2,3)7-6-21-10-22-13-5-4-12(17)16(18)15(13)11-8-14(20)19-9-11/h4-5,11H,6-10H2,1-3H3,(H,19,20). The summed E-state index contributed by atoms with van der Waals surface area (Å²) in [5.74, 6) is -0.487. The van der Waals surface area contributed by atoms with Crippen LogP contribution in [0.5, 0.6) is 5.75 Å². The van der Waals surface area contributed by atoms with Crippen molar-refractivity contribution in [2.75, 3.05) is 19.9 Å². The van der Waals surface area contributed by atoms with E-state index in [0.717, 1.165) is 6.04 Å². The number of hydrogen-bond donors (Lipinski definition) is 1. The molecule has 7 heteroatoms. The third kappa shape index (κ3) is 5.19. The molecule has 0 spiro atoms. The largest absolute Gasteiger partial charge is 0.467 e. The highest BCUT2D eigenvalue weighted by atomic mass is 35.5. The first-order valence-electron chi connectivity index (χ1n) is 7.73. The SMILES string of the molecule is C[Si](C)(C)CCOCOc1ccc(Cl)c(F)c1C1CNC(=O)C1. The number of nitrogens with one attached hydrogen (secondary N) is 1. The van der Waals surface area contributed by atoms with Gasteiger partial charge in [-0.2, -0.15) is 0 Å². The Morgan fingerprint density at radius 3 is 2.74 bits per heavy atom. The Morgan fingerprint density at radius 1 is 1.39 bits per heavy atom. The van der Waals surface area contributed by atoms with Crippen molar-refractivity contribution in [1.29, 1.82) is 0 Å². The van der Waals surface area contributed by atoms with Gasteiger partial charge in [0.2, 0.25) is 5.91 Å². The number of amides is 1. The van der Waals surface area contributed by atoms with Crippen LogP contribution >= 0.6 is 11.6 Å². The van der Waals surface area contributed by atoms with Crippen LogP contribution in [0.3, 0.4) is 0 Å². The molecule has 1 N–H and O–H groups in total. The molecule has 1 saturated heterocycles. The molecule has 1 fully saturated rings. The van der Waals surface area contributed by atoms with Crippen LogP contribution in [0.4, 0.5) is 4.39 Å². The highest BCUT2D eigenvalue weighted by molar-refractivity contribution is 6.76. The van der Waals surface area contributed by atoms with Gasteiger partial charge in [-0.1, -0.05) is 31.2 Å². The fourth-order valence-corrected chi connectivity index (χ4v) is 3.33. The van der Waals surface area contributed by atoms with E-state index in [4.69, 9.17) is 21.1 Å². The minimum absolute atomic E-state index is 0.0337. The smallest absolute Gasteiger partial charge is 0.220 e. The molecule has 1 unspecified atom stereocenters. The fraction of sp³-hybridized carbons (Fsp3) is 0.562. The van der Waals surface area contributed by atoms with E-state index in [2.05, 4.69) is 25.0 Å². The van der Waals surface area contributed by atoms with Crippen molar-refractivity contribution in [3.05, 3.63) is 28.5 Å². The summed E-state index contributed by atoms with van der Waals surface area (Å²) in [5, 5.41) is 2.74. The number of hydrogen-bond acceptors (Lipinski definition) is 3. The molecular weight excluding hydrogens is 337 g/mol. The lowest BCUT2D eigenvalue weighted by Crippen LogP contribution is -2.22. The van der Waals surface area contributed by atoms with Gasteiger partial charge in [-0.25, -0.2) is 4.39 Å². The lowest BCUT2D eigenvalue weighted by molar-refractivity contribution is -0.119. The monoisotopic (exact) mass is 359 g/mol. The number of carbonyl (C=O) groups is 1. The third-order valence-corrected chi connectivity index (χ3v) is 5.77. The van der Waals surface area contributed by atoms with Crippen molar-refractivity contribution in [2.45, 2.75) is 38.0 Å². The highest BCUT2D eigenvalue weighted by Gasteiger charge is 2.29. The van der Waals surface area contributed by atoms with Crippen LogP contribution in [-0.4, -0.2) is 33.9 Å². The molecule has 128 valence electrons. The highest BCUT2D eigenvalue weighted by Crippen LogP contribution is 2.36. The van der Waals surface area contributed by atoms with E-state index >= 15 is 0 Å². The Balaban J connectivity index is 2.01. The average molecular weight is 360 g/mol. The molecule has 1 atom stereocenters. The van der Waals surface area contributed by atoms with Crippen molar-refractivity contribution in [2.24, 2.45) is 0 Å². The lowest BCUT2D eigenvalue weighted by atomic mass is 9.96. The first kappa shape index (κ1) is 18.2. The Bertz CT molecular complexity index is 577. The Morgan fingerprint density at radius 2 is 2.13 bits per heavy atom. The zero-order valence-electron chi connectivity index (χ0n) is 13.7. The molecule has 0 aliphatic carbocycles. The number of ether oxygens (including phenoxy) is 2. The van der Waals surface area contributed by atoms with Crippen LogP contribution < -0.4 is 10.1 Å². The average Bonchev–Trinajstić information content (AvgIpc) is 2.87. The number of carbonyl (C=O) groups excluding carboxylic acids is 1. The van der Waals surface area contributed by atoms with Gasteiger partial charge in [0.15, 0.2) is 6.79 Å². The summed E-state index contributed by atoms with van der Waals surface area (Å²) in [6.07, 6.45) is 0.240. The molecule has 0 saturated carbocycles. The molecule has 0 aromatic heterocycles. The van der Waals surface area contributed by atoms with E-state index in [-0.39, 0.29) is 30.1 Å². The number of halogens is 2.